The number of anilines is 1. The fraction of sp³-hybridized carbons (Fsp3) is 0.600. The van der Waals surface area contributed by atoms with Crippen LogP contribution in [-0.2, 0) is 19.3 Å². The first-order chi connectivity index (χ1) is 13.1. The summed E-state index contributed by atoms with van der Waals surface area (Å²) in [6, 6.07) is 0. The van der Waals surface area contributed by atoms with Gasteiger partial charge >= 0.3 is 0 Å². The molecule has 3 heterocycles. The Morgan fingerprint density at radius 1 is 1.07 bits per heavy atom. The lowest BCUT2D eigenvalue weighted by Gasteiger charge is -2.22. The molecule has 1 aliphatic carbocycles. The molecule has 7 heteroatoms. The van der Waals surface area contributed by atoms with Gasteiger partial charge in [-0.05, 0) is 52.4 Å². The number of thiazole rings is 1. The van der Waals surface area contributed by atoms with Gasteiger partial charge in [0, 0.05) is 42.2 Å². The molecule has 2 aliphatic rings. The van der Waals surface area contributed by atoms with Crippen LogP contribution in [0.1, 0.15) is 63.0 Å². The van der Waals surface area contributed by atoms with Crippen molar-refractivity contribution in [3.63, 3.8) is 0 Å². The molecule has 1 amide bonds. The van der Waals surface area contributed by atoms with Gasteiger partial charge in [0.05, 0.1) is 10.7 Å². The summed E-state index contributed by atoms with van der Waals surface area (Å²) in [7, 11) is 0. The SMILES string of the molecule is Cc1nc(CCNC(=O)c2nc(N3CCCC3)nc3c2CCCC3)sc1C. The maximum atomic E-state index is 12.9. The highest BCUT2D eigenvalue weighted by Crippen LogP contribution is 2.26. The smallest absolute Gasteiger partial charge is 0.270 e. The molecule has 1 fully saturated rings. The molecule has 1 saturated heterocycles. The van der Waals surface area contributed by atoms with E-state index < -0.39 is 0 Å². The Morgan fingerprint density at radius 3 is 2.59 bits per heavy atom. The first-order valence-electron chi connectivity index (χ1n) is 9.97. The van der Waals surface area contributed by atoms with Gasteiger partial charge in [0.25, 0.3) is 5.91 Å². The molecule has 6 nitrogen and oxygen atoms in total. The van der Waals surface area contributed by atoms with Crippen LogP contribution in [0.5, 0.6) is 0 Å². The molecule has 0 saturated carbocycles. The van der Waals surface area contributed by atoms with Gasteiger partial charge in [0.1, 0.15) is 5.69 Å². The van der Waals surface area contributed by atoms with Crippen molar-refractivity contribution in [1.82, 2.24) is 20.3 Å². The van der Waals surface area contributed by atoms with E-state index in [2.05, 4.69) is 22.1 Å². The van der Waals surface area contributed by atoms with Crippen molar-refractivity contribution >= 4 is 23.2 Å². The lowest BCUT2D eigenvalue weighted by molar-refractivity contribution is 0.0947. The minimum atomic E-state index is -0.0685. The Kier molecular flexibility index (Phi) is 5.38. The monoisotopic (exact) mass is 385 g/mol. The number of carbonyl (C=O) groups is 1. The number of nitrogens with zero attached hydrogens (tertiary/aromatic N) is 4. The highest BCUT2D eigenvalue weighted by atomic mass is 32.1. The number of aryl methyl sites for hydroxylation is 3. The molecule has 1 aliphatic heterocycles. The maximum absolute atomic E-state index is 12.9. The number of aromatic nitrogens is 3. The number of hydrogen-bond donors (Lipinski definition) is 1. The Hall–Kier alpha value is -2.02. The molecule has 0 unspecified atom stereocenters. The number of carbonyl (C=O) groups excluding carboxylic acids is 1. The standard InChI is InChI=1S/C20H27N5OS/c1-13-14(2)27-17(22-13)9-10-21-19(26)18-15-7-3-4-8-16(15)23-20(24-18)25-11-5-6-12-25/h3-12H2,1-2H3,(H,21,26). The van der Waals surface area contributed by atoms with Crippen molar-refractivity contribution in [2.24, 2.45) is 0 Å². The van der Waals surface area contributed by atoms with Crippen molar-refractivity contribution < 1.29 is 4.79 Å². The summed E-state index contributed by atoms with van der Waals surface area (Å²) in [5, 5.41) is 4.14. The van der Waals surface area contributed by atoms with Crippen LogP contribution in [0.2, 0.25) is 0 Å². The van der Waals surface area contributed by atoms with Gasteiger partial charge in [0.15, 0.2) is 0 Å². The van der Waals surface area contributed by atoms with Crippen LogP contribution in [0.4, 0.5) is 5.95 Å². The molecule has 144 valence electrons. The highest BCUT2D eigenvalue weighted by molar-refractivity contribution is 7.11. The maximum Gasteiger partial charge on any atom is 0.270 e. The van der Waals surface area contributed by atoms with E-state index in [0.717, 1.165) is 73.1 Å². The second-order valence-corrected chi connectivity index (χ2v) is 8.74. The molecule has 1 N–H and O–H groups in total. The van der Waals surface area contributed by atoms with Crippen molar-refractivity contribution in [3.05, 3.63) is 32.5 Å². The minimum Gasteiger partial charge on any atom is -0.350 e. The molecule has 4 rings (SSSR count). The average molecular weight is 386 g/mol. The second kappa shape index (κ2) is 7.92. The molecular weight excluding hydrogens is 358 g/mol. The molecule has 0 aromatic carbocycles. The van der Waals surface area contributed by atoms with Crippen LogP contribution < -0.4 is 10.2 Å². The number of rotatable bonds is 5. The van der Waals surface area contributed by atoms with Crippen LogP contribution in [0, 0.1) is 13.8 Å². The predicted molar refractivity (Wildman–Crippen MR) is 108 cm³/mol. The van der Waals surface area contributed by atoms with Crippen LogP contribution in [-0.4, -0.2) is 40.5 Å². The number of fused-ring (bicyclic) bond motifs is 1. The average Bonchev–Trinajstić information content (AvgIpc) is 3.31. The molecular formula is C20H27N5OS. The lowest BCUT2D eigenvalue weighted by Crippen LogP contribution is -2.31. The van der Waals surface area contributed by atoms with E-state index in [4.69, 9.17) is 9.97 Å². The zero-order valence-electron chi connectivity index (χ0n) is 16.2. The van der Waals surface area contributed by atoms with Crippen LogP contribution in [0.25, 0.3) is 0 Å². The Morgan fingerprint density at radius 2 is 1.85 bits per heavy atom. The first-order valence-corrected chi connectivity index (χ1v) is 10.8. The summed E-state index contributed by atoms with van der Waals surface area (Å²) in [5.74, 6) is 0.672. The van der Waals surface area contributed by atoms with Crippen molar-refractivity contribution in [3.8, 4) is 0 Å². The van der Waals surface area contributed by atoms with E-state index in [0.29, 0.717) is 12.2 Å². The zero-order valence-corrected chi connectivity index (χ0v) is 17.0. The van der Waals surface area contributed by atoms with Gasteiger partial charge in [0.2, 0.25) is 5.95 Å². The molecule has 0 bridgehead atoms. The lowest BCUT2D eigenvalue weighted by atomic mass is 9.94. The summed E-state index contributed by atoms with van der Waals surface area (Å²) in [6.07, 6.45) is 7.23. The van der Waals surface area contributed by atoms with E-state index in [-0.39, 0.29) is 5.91 Å². The van der Waals surface area contributed by atoms with Crippen molar-refractivity contribution in [2.75, 3.05) is 24.5 Å². The fourth-order valence-electron chi connectivity index (χ4n) is 3.84. The van der Waals surface area contributed by atoms with Gasteiger partial charge in [-0.2, -0.15) is 0 Å². The second-order valence-electron chi connectivity index (χ2n) is 7.45. The molecule has 0 spiro atoms. The summed E-state index contributed by atoms with van der Waals surface area (Å²) in [4.78, 5) is 30.4. The van der Waals surface area contributed by atoms with Gasteiger partial charge < -0.3 is 10.2 Å². The summed E-state index contributed by atoms with van der Waals surface area (Å²) >= 11 is 1.71. The molecule has 2 aromatic heterocycles. The topological polar surface area (TPSA) is 71.0 Å². The zero-order chi connectivity index (χ0) is 18.8. The quantitative estimate of drug-likeness (QED) is 0.857. The third-order valence-electron chi connectivity index (χ3n) is 5.47. The van der Waals surface area contributed by atoms with Gasteiger partial charge in [-0.25, -0.2) is 15.0 Å². The number of hydrogen-bond acceptors (Lipinski definition) is 6. The van der Waals surface area contributed by atoms with Gasteiger partial charge in [-0.3, -0.25) is 4.79 Å². The summed E-state index contributed by atoms with van der Waals surface area (Å²) in [6.45, 7) is 6.68. The highest BCUT2D eigenvalue weighted by Gasteiger charge is 2.25. The normalized spacial score (nSPS) is 16.4. The predicted octanol–water partition coefficient (Wildman–Crippen LogP) is 3.00. The first kappa shape index (κ1) is 18.3. The van der Waals surface area contributed by atoms with E-state index in [1.54, 1.807) is 11.3 Å². The fourth-order valence-corrected chi connectivity index (χ4v) is 4.77. The number of amides is 1. The van der Waals surface area contributed by atoms with E-state index in [1.165, 1.54) is 17.7 Å². The molecule has 0 atom stereocenters. The van der Waals surface area contributed by atoms with E-state index >= 15 is 0 Å². The van der Waals surface area contributed by atoms with E-state index in [1.807, 2.05) is 6.92 Å². The molecule has 0 radical (unpaired) electrons. The van der Waals surface area contributed by atoms with Gasteiger partial charge in [-0.15, -0.1) is 11.3 Å². The molecule has 27 heavy (non-hydrogen) atoms. The Bertz CT molecular complexity index is 822. The Balaban J connectivity index is 1.50. The minimum absolute atomic E-state index is 0.0685. The van der Waals surface area contributed by atoms with Crippen LogP contribution in [0.15, 0.2) is 0 Å². The third-order valence-corrected chi connectivity index (χ3v) is 6.61. The molecule has 2 aromatic rings. The van der Waals surface area contributed by atoms with E-state index in [9.17, 15) is 4.79 Å². The van der Waals surface area contributed by atoms with Gasteiger partial charge in [-0.1, -0.05) is 0 Å². The summed E-state index contributed by atoms with van der Waals surface area (Å²) in [5.41, 5.74) is 3.81. The van der Waals surface area contributed by atoms with Crippen molar-refractivity contribution in [1.29, 1.82) is 0 Å². The Labute approximate surface area is 164 Å². The summed E-state index contributed by atoms with van der Waals surface area (Å²) < 4.78 is 0. The van der Waals surface area contributed by atoms with Crippen LogP contribution in [0.3, 0.4) is 0 Å². The van der Waals surface area contributed by atoms with Crippen LogP contribution >= 0.6 is 11.3 Å². The third kappa shape index (κ3) is 3.98. The number of nitrogens with one attached hydrogen (secondary N) is 1. The largest absolute Gasteiger partial charge is 0.350 e. The van der Waals surface area contributed by atoms with Crippen molar-refractivity contribution in [2.45, 2.75) is 58.8 Å².